The van der Waals surface area contributed by atoms with E-state index in [1.54, 1.807) is 0 Å². The largest absolute Gasteiger partial charge is 0.394 e. The summed E-state index contributed by atoms with van der Waals surface area (Å²) in [6.07, 6.45) is 1.19. The number of halogens is 1. The molecule has 9 heavy (non-hydrogen) atoms. The molecule has 1 heterocycles. The van der Waals surface area contributed by atoms with Crippen molar-refractivity contribution in [3.05, 3.63) is 0 Å². The number of hydrogen-bond acceptors (Lipinski definition) is 2. The van der Waals surface area contributed by atoms with Crippen molar-refractivity contribution in [2.75, 3.05) is 13.3 Å². The normalized spacial score (nSPS) is 35.3. The summed E-state index contributed by atoms with van der Waals surface area (Å²) in [5.41, 5.74) is 0. The van der Waals surface area contributed by atoms with E-state index in [-0.39, 0.29) is 18.8 Å². The zero-order valence-corrected chi connectivity index (χ0v) is 5.22. The Balaban J connectivity index is 2.20. The second kappa shape index (κ2) is 3.13. The summed E-state index contributed by atoms with van der Waals surface area (Å²) in [6.45, 7) is -0.396. The van der Waals surface area contributed by atoms with Gasteiger partial charge in [0, 0.05) is 0 Å². The minimum absolute atomic E-state index is 0.0243. The third-order valence-corrected chi connectivity index (χ3v) is 1.57. The van der Waals surface area contributed by atoms with Crippen molar-refractivity contribution in [1.29, 1.82) is 0 Å². The van der Waals surface area contributed by atoms with Gasteiger partial charge in [0.1, 0.15) is 6.67 Å². The molecule has 0 aromatic rings. The van der Waals surface area contributed by atoms with Gasteiger partial charge in [-0.05, 0) is 12.8 Å². The summed E-state index contributed by atoms with van der Waals surface area (Å²) in [7, 11) is 0. The molecule has 1 rings (SSSR count). The van der Waals surface area contributed by atoms with Crippen LogP contribution in [0.2, 0.25) is 0 Å². The van der Waals surface area contributed by atoms with Crippen LogP contribution in [0.1, 0.15) is 12.8 Å². The fourth-order valence-corrected chi connectivity index (χ4v) is 1.03. The first-order valence-electron chi connectivity index (χ1n) is 3.19. The molecule has 1 N–H and O–H groups in total. The smallest absolute Gasteiger partial charge is 0.116 e. The van der Waals surface area contributed by atoms with Gasteiger partial charge >= 0.3 is 0 Å². The van der Waals surface area contributed by atoms with Crippen molar-refractivity contribution >= 4 is 0 Å². The van der Waals surface area contributed by atoms with E-state index in [9.17, 15) is 4.39 Å². The molecule has 1 fully saturated rings. The van der Waals surface area contributed by atoms with Crippen LogP contribution in [0.3, 0.4) is 0 Å². The van der Waals surface area contributed by atoms with Crippen LogP contribution in [0.15, 0.2) is 0 Å². The SMILES string of the molecule is OC[C@H]1CC[C@H](CF)O1. The Morgan fingerprint density at radius 2 is 2.11 bits per heavy atom. The van der Waals surface area contributed by atoms with Crippen LogP contribution in [0.25, 0.3) is 0 Å². The maximum Gasteiger partial charge on any atom is 0.116 e. The van der Waals surface area contributed by atoms with Gasteiger partial charge in [-0.3, -0.25) is 0 Å². The lowest BCUT2D eigenvalue weighted by Crippen LogP contribution is -2.15. The van der Waals surface area contributed by atoms with Gasteiger partial charge in [-0.15, -0.1) is 0 Å². The number of alkyl halides is 1. The number of aliphatic hydroxyl groups is 1. The standard InChI is InChI=1S/C6H11FO2/c7-3-5-1-2-6(4-8)9-5/h5-6,8H,1-4H2/t5-,6-/m1/s1. The van der Waals surface area contributed by atoms with Crippen molar-refractivity contribution in [2.45, 2.75) is 25.0 Å². The molecule has 0 aromatic carbocycles. The van der Waals surface area contributed by atoms with Crippen molar-refractivity contribution in [3.8, 4) is 0 Å². The van der Waals surface area contributed by atoms with E-state index < -0.39 is 6.67 Å². The molecule has 0 aliphatic carbocycles. The van der Waals surface area contributed by atoms with Gasteiger partial charge in [-0.1, -0.05) is 0 Å². The third-order valence-electron chi connectivity index (χ3n) is 1.57. The van der Waals surface area contributed by atoms with Gasteiger partial charge in [-0.25, -0.2) is 4.39 Å². The molecule has 0 unspecified atom stereocenters. The molecule has 3 heteroatoms. The van der Waals surface area contributed by atoms with Crippen LogP contribution in [0, 0.1) is 0 Å². The number of ether oxygens (including phenoxy) is 1. The van der Waals surface area contributed by atoms with Crippen molar-refractivity contribution in [3.63, 3.8) is 0 Å². The van der Waals surface area contributed by atoms with Gasteiger partial charge in [-0.2, -0.15) is 0 Å². The Morgan fingerprint density at radius 3 is 2.44 bits per heavy atom. The van der Waals surface area contributed by atoms with E-state index in [0.717, 1.165) is 12.8 Å². The van der Waals surface area contributed by atoms with Gasteiger partial charge in [0.25, 0.3) is 0 Å². The predicted molar refractivity (Wildman–Crippen MR) is 31.0 cm³/mol. The average Bonchev–Trinajstić information content (AvgIpc) is 2.34. The minimum Gasteiger partial charge on any atom is -0.394 e. The van der Waals surface area contributed by atoms with Crippen molar-refractivity contribution in [2.24, 2.45) is 0 Å². The average molecular weight is 134 g/mol. The van der Waals surface area contributed by atoms with Gasteiger partial charge in [0.2, 0.25) is 0 Å². The van der Waals surface area contributed by atoms with Gasteiger partial charge < -0.3 is 9.84 Å². The van der Waals surface area contributed by atoms with Crippen LogP contribution in [-0.2, 0) is 4.74 Å². The summed E-state index contributed by atoms with van der Waals surface area (Å²) >= 11 is 0. The molecule has 0 amide bonds. The topological polar surface area (TPSA) is 29.5 Å². The highest BCUT2D eigenvalue weighted by atomic mass is 19.1. The zero-order valence-electron chi connectivity index (χ0n) is 5.22. The quantitative estimate of drug-likeness (QED) is 0.595. The first-order chi connectivity index (χ1) is 4.36. The summed E-state index contributed by atoms with van der Waals surface area (Å²) in [6, 6.07) is 0. The molecule has 1 aliphatic heterocycles. The maximum absolute atomic E-state index is 11.8. The molecule has 1 saturated heterocycles. The van der Waals surface area contributed by atoms with Crippen LogP contribution >= 0.6 is 0 Å². The van der Waals surface area contributed by atoms with E-state index in [1.807, 2.05) is 0 Å². The lowest BCUT2D eigenvalue weighted by Gasteiger charge is -2.06. The Kier molecular flexibility index (Phi) is 2.42. The Morgan fingerprint density at radius 1 is 1.44 bits per heavy atom. The molecule has 1 aliphatic rings. The first kappa shape index (κ1) is 6.96. The second-order valence-electron chi connectivity index (χ2n) is 2.29. The highest BCUT2D eigenvalue weighted by Gasteiger charge is 2.23. The zero-order chi connectivity index (χ0) is 6.69. The summed E-state index contributed by atoms with van der Waals surface area (Å²) in [5, 5.41) is 8.53. The maximum atomic E-state index is 11.8. The molecular formula is C6H11FO2. The van der Waals surface area contributed by atoms with E-state index in [2.05, 4.69) is 0 Å². The predicted octanol–water partition coefficient (Wildman–Crippen LogP) is 0.496. The lowest BCUT2D eigenvalue weighted by molar-refractivity contribution is 0.00216. The van der Waals surface area contributed by atoms with Gasteiger partial charge in [0.15, 0.2) is 0 Å². The minimum atomic E-state index is -0.420. The molecule has 2 nitrogen and oxygen atoms in total. The number of hydrogen-bond donors (Lipinski definition) is 1. The molecule has 0 bridgehead atoms. The molecular weight excluding hydrogens is 123 g/mol. The van der Waals surface area contributed by atoms with Crippen molar-refractivity contribution in [1.82, 2.24) is 0 Å². The highest BCUT2D eigenvalue weighted by molar-refractivity contribution is 4.71. The van der Waals surface area contributed by atoms with E-state index in [0.29, 0.717) is 0 Å². The van der Waals surface area contributed by atoms with E-state index in [4.69, 9.17) is 9.84 Å². The Labute approximate surface area is 53.6 Å². The molecule has 2 atom stereocenters. The molecule has 0 saturated carbocycles. The van der Waals surface area contributed by atoms with Crippen molar-refractivity contribution < 1.29 is 14.2 Å². The third kappa shape index (κ3) is 1.63. The van der Waals surface area contributed by atoms with Gasteiger partial charge in [0.05, 0.1) is 18.8 Å². The highest BCUT2D eigenvalue weighted by Crippen LogP contribution is 2.18. The Bertz CT molecular complexity index is 77.1. The van der Waals surface area contributed by atoms with E-state index in [1.165, 1.54) is 0 Å². The van der Waals surface area contributed by atoms with Crippen LogP contribution in [0.4, 0.5) is 4.39 Å². The van der Waals surface area contributed by atoms with E-state index >= 15 is 0 Å². The van der Waals surface area contributed by atoms with Crippen LogP contribution in [-0.4, -0.2) is 30.6 Å². The first-order valence-corrected chi connectivity index (χ1v) is 3.19. The Hall–Kier alpha value is -0.150. The monoisotopic (exact) mass is 134 g/mol. The molecule has 0 aromatic heterocycles. The fourth-order valence-electron chi connectivity index (χ4n) is 1.03. The summed E-state index contributed by atoms with van der Waals surface area (Å²) in [5.74, 6) is 0. The lowest BCUT2D eigenvalue weighted by atomic mass is 10.2. The van der Waals surface area contributed by atoms with Crippen LogP contribution < -0.4 is 0 Å². The van der Waals surface area contributed by atoms with Crippen LogP contribution in [0.5, 0.6) is 0 Å². The summed E-state index contributed by atoms with van der Waals surface area (Å²) < 4.78 is 16.8. The second-order valence-corrected chi connectivity index (χ2v) is 2.29. The summed E-state index contributed by atoms with van der Waals surface area (Å²) in [4.78, 5) is 0. The number of aliphatic hydroxyl groups excluding tert-OH is 1. The molecule has 0 spiro atoms. The molecule has 0 radical (unpaired) electrons. The fraction of sp³-hybridized carbons (Fsp3) is 1.00. The number of rotatable bonds is 2. The molecule has 54 valence electrons.